The molecule has 2 heterocycles. The Bertz CT molecular complexity index is 1010. The number of hydrogen-bond acceptors (Lipinski definition) is 5. The second-order valence-corrected chi connectivity index (χ2v) is 8.09. The molecule has 7 nitrogen and oxygen atoms in total. The molecule has 1 saturated heterocycles. The van der Waals surface area contributed by atoms with Crippen LogP contribution in [0.2, 0.25) is 0 Å². The minimum Gasteiger partial charge on any atom is -0.352 e. The molecule has 1 aromatic heterocycles. The van der Waals surface area contributed by atoms with Crippen molar-refractivity contribution < 1.29 is 13.2 Å². The molecule has 134 valence electrons. The molecular weight excluding hydrogens is 372 g/mol. The van der Waals surface area contributed by atoms with Crippen LogP contribution in [0, 0.1) is 16.0 Å². The summed E-state index contributed by atoms with van der Waals surface area (Å²) in [6.07, 6.45) is 1.65. The maximum Gasteiger partial charge on any atom is 0.256 e. The predicted octanol–water partition coefficient (Wildman–Crippen LogP) is 1.76. The maximum atomic E-state index is 12.7. The number of sulfonamides is 1. The number of hydrogen-bond donors (Lipinski definition) is 1. The standard InChI is InChI=1S/C17H16N4O3S2/c18-12-13-3-5-14(6-4-13)26(23,24)21-10-8-20(9-11-21)17(22)15-2-1-7-19-16(15)25/h1-7H,8-11H2,(H,19,25). The molecule has 0 bridgehead atoms. The second-order valence-electron chi connectivity index (χ2n) is 5.75. The van der Waals surface area contributed by atoms with Gasteiger partial charge in [-0.3, -0.25) is 4.79 Å². The number of piperazine rings is 1. The Morgan fingerprint density at radius 2 is 1.77 bits per heavy atom. The molecule has 0 atom stereocenters. The topological polar surface area (TPSA) is 97.3 Å². The molecule has 1 N–H and O–H groups in total. The van der Waals surface area contributed by atoms with Crippen LogP contribution in [0.5, 0.6) is 0 Å². The largest absolute Gasteiger partial charge is 0.352 e. The molecule has 0 unspecified atom stereocenters. The second kappa shape index (κ2) is 7.37. The van der Waals surface area contributed by atoms with Crippen molar-refractivity contribution in [1.82, 2.24) is 14.2 Å². The molecule has 1 aliphatic rings. The van der Waals surface area contributed by atoms with Gasteiger partial charge in [-0.25, -0.2) is 8.42 Å². The first-order valence-corrected chi connectivity index (χ1v) is 9.75. The first-order valence-electron chi connectivity index (χ1n) is 7.91. The van der Waals surface area contributed by atoms with Crippen LogP contribution < -0.4 is 0 Å². The highest BCUT2D eigenvalue weighted by atomic mass is 32.2. The molecule has 2 aromatic rings. The average molecular weight is 388 g/mol. The van der Waals surface area contributed by atoms with Crippen LogP contribution in [-0.2, 0) is 10.0 Å². The Hall–Kier alpha value is -2.54. The normalized spacial score (nSPS) is 15.4. The van der Waals surface area contributed by atoms with Gasteiger partial charge in [-0.2, -0.15) is 9.57 Å². The van der Waals surface area contributed by atoms with Gasteiger partial charge in [0.05, 0.1) is 22.1 Å². The van der Waals surface area contributed by atoms with Crippen LogP contribution in [0.15, 0.2) is 47.5 Å². The Morgan fingerprint density at radius 1 is 1.12 bits per heavy atom. The highest BCUT2D eigenvalue weighted by Gasteiger charge is 2.30. The number of aromatic nitrogens is 1. The Morgan fingerprint density at radius 3 is 2.35 bits per heavy atom. The number of pyridine rings is 1. The number of nitriles is 1. The van der Waals surface area contributed by atoms with Crippen molar-refractivity contribution in [3.63, 3.8) is 0 Å². The van der Waals surface area contributed by atoms with Crippen molar-refractivity contribution in [1.29, 1.82) is 5.26 Å². The van der Waals surface area contributed by atoms with Crippen molar-refractivity contribution in [2.75, 3.05) is 26.2 Å². The Balaban J connectivity index is 1.71. The van der Waals surface area contributed by atoms with Gasteiger partial charge in [0.1, 0.15) is 4.64 Å². The van der Waals surface area contributed by atoms with Gasteiger partial charge in [-0.05, 0) is 36.4 Å². The van der Waals surface area contributed by atoms with Crippen molar-refractivity contribution >= 4 is 28.1 Å². The summed E-state index contributed by atoms with van der Waals surface area (Å²) >= 11 is 5.13. The number of carbonyl (C=O) groups is 1. The lowest BCUT2D eigenvalue weighted by Gasteiger charge is -2.34. The number of rotatable bonds is 3. The van der Waals surface area contributed by atoms with E-state index in [1.54, 1.807) is 23.2 Å². The van der Waals surface area contributed by atoms with E-state index in [9.17, 15) is 13.2 Å². The smallest absolute Gasteiger partial charge is 0.256 e. The molecule has 9 heteroatoms. The molecule has 0 radical (unpaired) electrons. The van der Waals surface area contributed by atoms with Crippen LogP contribution >= 0.6 is 12.2 Å². The molecule has 26 heavy (non-hydrogen) atoms. The fraction of sp³-hybridized carbons (Fsp3) is 0.235. The summed E-state index contributed by atoms with van der Waals surface area (Å²) in [5.41, 5.74) is 0.810. The Labute approximate surface area is 156 Å². The summed E-state index contributed by atoms with van der Waals surface area (Å²) in [6.45, 7) is 0.991. The fourth-order valence-corrected chi connectivity index (χ4v) is 4.39. The number of amides is 1. The third-order valence-corrected chi connectivity index (χ3v) is 6.45. The van der Waals surface area contributed by atoms with Gasteiger partial charge in [0.25, 0.3) is 5.91 Å². The van der Waals surface area contributed by atoms with E-state index in [0.717, 1.165) is 0 Å². The van der Waals surface area contributed by atoms with E-state index in [2.05, 4.69) is 4.98 Å². The lowest BCUT2D eigenvalue weighted by atomic mass is 10.2. The predicted molar refractivity (Wildman–Crippen MR) is 97.4 cm³/mol. The molecule has 1 aromatic carbocycles. The zero-order valence-electron chi connectivity index (χ0n) is 13.8. The molecular formula is C17H16N4O3S2. The minimum atomic E-state index is -3.65. The van der Waals surface area contributed by atoms with Gasteiger partial charge in [0.2, 0.25) is 10.0 Å². The van der Waals surface area contributed by atoms with Crippen molar-refractivity contribution in [2.24, 2.45) is 0 Å². The monoisotopic (exact) mass is 388 g/mol. The molecule has 1 amide bonds. The Kier molecular flexibility index (Phi) is 5.18. The van der Waals surface area contributed by atoms with Gasteiger partial charge in [-0.1, -0.05) is 12.2 Å². The lowest BCUT2D eigenvalue weighted by molar-refractivity contribution is 0.0697. The van der Waals surface area contributed by atoms with Crippen molar-refractivity contribution in [2.45, 2.75) is 4.90 Å². The van der Waals surface area contributed by atoms with E-state index >= 15 is 0 Å². The lowest BCUT2D eigenvalue weighted by Crippen LogP contribution is -2.50. The molecule has 0 saturated carbocycles. The SMILES string of the molecule is N#Cc1ccc(S(=O)(=O)N2CCN(C(=O)c3ccc[nH]c3=S)CC2)cc1. The number of benzene rings is 1. The van der Waals surface area contributed by atoms with E-state index in [1.165, 1.54) is 28.6 Å². The summed E-state index contributed by atoms with van der Waals surface area (Å²) in [5.74, 6) is -0.206. The van der Waals surface area contributed by atoms with E-state index in [0.29, 0.717) is 15.8 Å². The highest BCUT2D eigenvalue weighted by Crippen LogP contribution is 2.19. The third kappa shape index (κ3) is 3.53. The number of nitrogens with zero attached hydrogens (tertiary/aromatic N) is 3. The van der Waals surface area contributed by atoms with Gasteiger partial charge in [0.15, 0.2) is 0 Å². The molecule has 1 fully saturated rings. The van der Waals surface area contributed by atoms with E-state index in [4.69, 9.17) is 17.5 Å². The minimum absolute atomic E-state index is 0.141. The summed E-state index contributed by atoms with van der Waals surface area (Å²) in [5, 5.41) is 8.82. The van der Waals surface area contributed by atoms with Gasteiger partial charge >= 0.3 is 0 Å². The van der Waals surface area contributed by atoms with E-state index < -0.39 is 10.0 Å². The van der Waals surface area contributed by atoms with E-state index in [1.807, 2.05) is 6.07 Å². The summed E-state index contributed by atoms with van der Waals surface area (Å²) in [4.78, 5) is 17.1. The van der Waals surface area contributed by atoms with Crippen LogP contribution in [0.1, 0.15) is 15.9 Å². The zero-order valence-corrected chi connectivity index (χ0v) is 15.4. The quantitative estimate of drug-likeness (QED) is 0.808. The molecule has 3 rings (SSSR count). The molecule has 1 aliphatic heterocycles. The highest BCUT2D eigenvalue weighted by molar-refractivity contribution is 7.89. The van der Waals surface area contributed by atoms with Crippen molar-refractivity contribution in [3.05, 3.63) is 58.4 Å². The average Bonchev–Trinajstić information content (AvgIpc) is 2.68. The van der Waals surface area contributed by atoms with Gasteiger partial charge < -0.3 is 9.88 Å². The van der Waals surface area contributed by atoms with E-state index in [-0.39, 0.29) is 37.0 Å². The number of H-pyrrole nitrogens is 1. The first kappa shape index (κ1) is 18.3. The van der Waals surface area contributed by atoms with Gasteiger partial charge in [0, 0.05) is 32.4 Å². The van der Waals surface area contributed by atoms with Crippen molar-refractivity contribution in [3.8, 4) is 6.07 Å². The maximum absolute atomic E-state index is 12.7. The summed E-state index contributed by atoms with van der Waals surface area (Å²) in [7, 11) is -3.65. The van der Waals surface area contributed by atoms with Crippen LogP contribution in [0.3, 0.4) is 0 Å². The number of nitrogens with one attached hydrogen (secondary N) is 1. The fourth-order valence-electron chi connectivity index (χ4n) is 2.74. The van der Waals surface area contributed by atoms with Gasteiger partial charge in [-0.15, -0.1) is 0 Å². The van der Waals surface area contributed by atoms with Crippen LogP contribution in [0.4, 0.5) is 0 Å². The molecule has 0 aliphatic carbocycles. The zero-order chi connectivity index (χ0) is 18.7. The number of carbonyl (C=O) groups excluding carboxylic acids is 1. The number of aromatic amines is 1. The van der Waals surface area contributed by atoms with Crippen LogP contribution in [0.25, 0.3) is 0 Å². The summed E-state index contributed by atoms with van der Waals surface area (Å²) in [6, 6.07) is 11.1. The molecule has 0 spiro atoms. The third-order valence-electron chi connectivity index (χ3n) is 4.20. The van der Waals surface area contributed by atoms with Crippen LogP contribution in [-0.4, -0.2) is 54.7 Å². The first-order chi connectivity index (χ1) is 12.4. The summed E-state index contributed by atoms with van der Waals surface area (Å²) < 4.78 is 27.1.